The molecular formula is C25H28O5. The molecule has 3 aliphatic carbocycles. The molecule has 158 valence electrons. The van der Waals surface area contributed by atoms with Gasteiger partial charge in [-0.05, 0) is 53.7 Å². The molecule has 0 atom stereocenters. The number of fused-ring (bicyclic) bond motifs is 4. The van der Waals surface area contributed by atoms with E-state index in [9.17, 15) is 9.59 Å². The molecule has 0 heterocycles. The highest BCUT2D eigenvalue weighted by molar-refractivity contribution is 5.90. The van der Waals surface area contributed by atoms with Crippen LogP contribution in [0.4, 0.5) is 0 Å². The zero-order valence-corrected chi connectivity index (χ0v) is 17.7. The maximum Gasteiger partial charge on any atom is 0.339 e. The van der Waals surface area contributed by atoms with Crippen molar-refractivity contribution in [3.05, 3.63) is 76.1 Å². The molecule has 1 N–H and O–H groups in total. The van der Waals surface area contributed by atoms with Crippen LogP contribution in [-0.2, 0) is 9.53 Å². The van der Waals surface area contributed by atoms with Gasteiger partial charge in [0.25, 0.3) is 0 Å². The highest BCUT2D eigenvalue weighted by atomic mass is 16.5. The zero-order chi connectivity index (χ0) is 21.7. The molecule has 1 aromatic carbocycles. The van der Waals surface area contributed by atoms with Crippen molar-refractivity contribution in [1.29, 1.82) is 0 Å². The Bertz CT molecular complexity index is 960. The van der Waals surface area contributed by atoms with Gasteiger partial charge in [-0.3, -0.25) is 4.79 Å². The number of hydrogen-bond donors (Lipinski definition) is 1. The first-order chi connectivity index (χ1) is 14.4. The number of carboxylic acid groups (broad SMARTS) is 1. The van der Waals surface area contributed by atoms with E-state index in [1.807, 2.05) is 13.0 Å². The normalized spacial score (nSPS) is 15.8. The largest absolute Gasteiger partial charge is 0.493 e. The molecule has 0 aromatic heterocycles. The second-order valence-electron chi connectivity index (χ2n) is 7.85. The molecule has 1 aromatic rings. The number of esters is 1. The highest BCUT2D eigenvalue weighted by Crippen LogP contribution is 2.48. The molecule has 0 amide bonds. The van der Waals surface area contributed by atoms with Crippen LogP contribution < -0.4 is 4.74 Å². The van der Waals surface area contributed by atoms with E-state index in [0.717, 1.165) is 25.0 Å². The summed E-state index contributed by atoms with van der Waals surface area (Å²) in [7, 11) is 0. The molecule has 5 heteroatoms. The summed E-state index contributed by atoms with van der Waals surface area (Å²) in [5, 5.41) is 8.89. The van der Waals surface area contributed by atoms with Gasteiger partial charge in [-0.1, -0.05) is 45.1 Å². The van der Waals surface area contributed by atoms with E-state index in [0.29, 0.717) is 24.7 Å². The average molecular weight is 408 g/mol. The van der Waals surface area contributed by atoms with Crippen LogP contribution in [0.3, 0.4) is 0 Å². The average Bonchev–Trinajstić information content (AvgIpc) is 3.42. The number of allylic oxidation sites excluding steroid dienone is 7. The molecule has 0 spiro atoms. The predicted octanol–water partition coefficient (Wildman–Crippen LogP) is 5.60. The van der Waals surface area contributed by atoms with Gasteiger partial charge >= 0.3 is 11.9 Å². The van der Waals surface area contributed by atoms with E-state index in [1.165, 1.54) is 22.3 Å². The fraction of sp³-hybridized carbons (Fsp3) is 0.360. The fourth-order valence-corrected chi connectivity index (χ4v) is 3.55. The minimum atomic E-state index is -0.949. The second kappa shape index (κ2) is 9.61. The Morgan fingerprint density at radius 2 is 1.93 bits per heavy atom. The first-order valence-electron chi connectivity index (χ1n) is 10.4. The van der Waals surface area contributed by atoms with Crippen LogP contribution in [0.2, 0.25) is 0 Å². The monoisotopic (exact) mass is 408 g/mol. The number of para-hydroxylation sites is 1. The Morgan fingerprint density at radius 1 is 1.17 bits per heavy atom. The lowest BCUT2D eigenvalue weighted by atomic mass is 10.1. The summed E-state index contributed by atoms with van der Waals surface area (Å²) in [5.74, 6) is 0.706. The Hall–Kier alpha value is -3.08. The number of aromatic carboxylic acids is 1. The number of carboxylic acids is 1. The standard InChI is InChI=1S/C13H12O2.C12H16O3/c1-2-13(14)15-12-7-8-6-11(12)10-5-3-4-9(8)10;1-9(2)7-8-15-11-6-4-3-5-10(11)12(13)14/h3-4,7H,2,5-6H2,1H3;3-6,9H,7-8H2,1-2H3,(H,13,14). The molecule has 0 saturated carbocycles. The summed E-state index contributed by atoms with van der Waals surface area (Å²) in [5.41, 5.74) is 5.49. The van der Waals surface area contributed by atoms with Gasteiger partial charge in [0.2, 0.25) is 0 Å². The van der Waals surface area contributed by atoms with Crippen molar-refractivity contribution in [2.45, 2.75) is 46.5 Å². The van der Waals surface area contributed by atoms with Gasteiger partial charge in [-0.25, -0.2) is 4.79 Å². The number of benzene rings is 1. The van der Waals surface area contributed by atoms with Gasteiger partial charge in [0.15, 0.2) is 0 Å². The van der Waals surface area contributed by atoms with Crippen molar-refractivity contribution in [1.82, 2.24) is 0 Å². The van der Waals surface area contributed by atoms with E-state index in [1.54, 1.807) is 24.3 Å². The molecule has 30 heavy (non-hydrogen) atoms. The molecule has 0 unspecified atom stereocenters. The maximum atomic E-state index is 11.2. The quantitative estimate of drug-likeness (QED) is 0.594. The Kier molecular flexibility index (Phi) is 6.93. The number of hydrogen-bond acceptors (Lipinski definition) is 4. The number of carbonyl (C=O) groups excluding carboxylic acids is 1. The Labute approximate surface area is 177 Å². The molecule has 0 radical (unpaired) electrons. The van der Waals surface area contributed by atoms with Crippen molar-refractivity contribution >= 4 is 11.9 Å². The van der Waals surface area contributed by atoms with E-state index < -0.39 is 5.97 Å². The van der Waals surface area contributed by atoms with Crippen LogP contribution in [-0.4, -0.2) is 23.7 Å². The predicted molar refractivity (Wildman–Crippen MR) is 115 cm³/mol. The fourth-order valence-electron chi connectivity index (χ4n) is 3.55. The smallest absolute Gasteiger partial charge is 0.339 e. The molecule has 0 fully saturated rings. The van der Waals surface area contributed by atoms with Crippen molar-refractivity contribution < 1.29 is 24.2 Å². The summed E-state index contributed by atoms with van der Waals surface area (Å²) in [6.07, 6.45) is 9.67. The van der Waals surface area contributed by atoms with Gasteiger partial charge in [0, 0.05) is 18.4 Å². The van der Waals surface area contributed by atoms with E-state index in [2.05, 4.69) is 26.0 Å². The van der Waals surface area contributed by atoms with Gasteiger partial charge in [-0.15, -0.1) is 0 Å². The number of rotatable bonds is 7. The number of ether oxygens (including phenoxy) is 2. The lowest BCUT2D eigenvalue weighted by Crippen LogP contribution is -2.06. The molecule has 0 aliphatic heterocycles. The van der Waals surface area contributed by atoms with Crippen LogP contribution in [0.1, 0.15) is 56.8 Å². The SMILES string of the molecule is CC(C)CCOc1ccccc1C(=O)O.CCC(=O)OC1=C2CC(=C1)C1=C2CC=C1. The molecule has 2 bridgehead atoms. The Morgan fingerprint density at radius 3 is 2.63 bits per heavy atom. The zero-order valence-electron chi connectivity index (χ0n) is 17.7. The van der Waals surface area contributed by atoms with Gasteiger partial charge in [-0.2, -0.15) is 0 Å². The highest BCUT2D eigenvalue weighted by Gasteiger charge is 2.33. The lowest BCUT2D eigenvalue weighted by Gasteiger charge is -2.09. The van der Waals surface area contributed by atoms with Crippen LogP contribution in [0.25, 0.3) is 0 Å². The summed E-state index contributed by atoms with van der Waals surface area (Å²) < 4.78 is 10.7. The van der Waals surface area contributed by atoms with E-state index in [-0.39, 0.29) is 11.5 Å². The van der Waals surface area contributed by atoms with Crippen LogP contribution >= 0.6 is 0 Å². The summed E-state index contributed by atoms with van der Waals surface area (Å²) in [6, 6.07) is 6.70. The number of carbonyl (C=O) groups is 2. The lowest BCUT2D eigenvalue weighted by molar-refractivity contribution is -0.138. The third-order valence-electron chi connectivity index (χ3n) is 5.19. The van der Waals surface area contributed by atoms with Crippen molar-refractivity contribution in [3.63, 3.8) is 0 Å². The van der Waals surface area contributed by atoms with E-state index in [4.69, 9.17) is 14.6 Å². The molecular weight excluding hydrogens is 380 g/mol. The first-order valence-corrected chi connectivity index (χ1v) is 10.4. The van der Waals surface area contributed by atoms with Crippen molar-refractivity contribution in [2.24, 2.45) is 5.92 Å². The minimum absolute atomic E-state index is 0.144. The molecule has 4 rings (SSSR count). The van der Waals surface area contributed by atoms with Gasteiger partial charge in [0.1, 0.15) is 17.1 Å². The molecule has 5 nitrogen and oxygen atoms in total. The van der Waals surface area contributed by atoms with Crippen LogP contribution in [0.15, 0.2) is 70.5 Å². The summed E-state index contributed by atoms with van der Waals surface area (Å²) in [6.45, 7) is 6.58. The van der Waals surface area contributed by atoms with Gasteiger partial charge < -0.3 is 14.6 Å². The van der Waals surface area contributed by atoms with Crippen LogP contribution in [0, 0.1) is 5.92 Å². The third kappa shape index (κ3) is 4.90. The minimum Gasteiger partial charge on any atom is -0.493 e. The molecule has 3 aliphatic rings. The maximum absolute atomic E-state index is 11.2. The van der Waals surface area contributed by atoms with Crippen LogP contribution in [0.5, 0.6) is 5.75 Å². The van der Waals surface area contributed by atoms with E-state index >= 15 is 0 Å². The molecule has 0 saturated heterocycles. The Balaban J connectivity index is 0.000000171. The van der Waals surface area contributed by atoms with Crippen molar-refractivity contribution in [2.75, 3.05) is 6.61 Å². The third-order valence-corrected chi connectivity index (χ3v) is 5.19. The van der Waals surface area contributed by atoms with Crippen molar-refractivity contribution in [3.8, 4) is 5.75 Å². The summed E-state index contributed by atoms with van der Waals surface area (Å²) in [4.78, 5) is 22.1. The second-order valence-corrected chi connectivity index (χ2v) is 7.85. The topological polar surface area (TPSA) is 72.8 Å². The summed E-state index contributed by atoms with van der Waals surface area (Å²) >= 11 is 0. The van der Waals surface area contributed by atoms with Gasteiger partial charge in [0.05, 0.1) is 6.61 Å². The first kappa shape index (κ1) is 21.6.